The number of benzene rings is 2. The number of anilines is 1. The summed E-state index contributed by atoms with van der Waals surface area (Å²) in [5.74, 6) is 1.40. The summed E-state index contributed by atoms with van der Waals surface area (Å²) in [5, 5.41) is 8.14. The highest BCUT2D eigenvalue weighted by Gasteiger charge is 2.52. The predicted octanol–water partition coefficient (Wildman–Crippen LogP) is 5.43. The van der Waals surface area contributed by atoms with Crippen LogP contribution in [0, 0.1) is 0 Å². The Morgan fingerprint density at radius 2 is 1.97 bits per heavy atom. The van der Waals surface area contributed by atoms with Crippen LogP contribution < -0.4 is 20.1 Å². The fourth-order valence-corrected chi connectivity index (χ4v) is 5.64. The van der Waals surface area contributed by atoms with E-state index in [0.717, 1.165) is 39.6 Å². The third kappa shape index (κ3) is 3.88. The fraction of sp³-hybridized carbons (Fsp3) is 0.360. The molecule has 3 aliphatic rings. The second-order valence-corrected chi connectivity index (χ2v) is 10.4. The Kier molecular flexibility index (Phi) is 5.28. The minimum Gasteiger partial charge on any atom is -0.454 e. The summed E-state index contributed by atoms with van der Waals surface area (Å²) in [6, 6.07) is 14.1. The van der Waals surface area contributed by atoms with Gasteiger partial charge in [0, 0.05) is 22.1 Å². The number of amides is 1. The van der Waals surface area contributed by atoms with Crippen LogP contribution in [0.5, 0.6) is 11.5 Å². The lowest BCUT2D eigenvalue weighted by atomic mass is 9.91. The quantitative estimate of drug-likeness (QED) is 0.471. The van der Waals surface area contributed by atoms with Gasteiger partial charge in [-0.15, -0.1) is 0 Å². The Balaban J connectivity index is 1.22. The van der Waals surface area contributed by atoms with Crippen LogP contribution in [0.2, 0.25) is 5.02 Å². The van der Waals surface area contributed by atoms with E-state index in [4.69, 9.17) is 21.1 Å². The molecule has 0 spiro atoms. The van der Waals surface area contributed by atoms with Gasteiger partial charge >= 0.3 is 0 Å². The maximum atomic E-state index is 13.3. The van der Waals surface area contributed by atoms with Gasteiger partial charge in [-0.1, -0.05) is 53.6 Å². The number of thiazole rings is 1. The van der Waals surface area contributed by atoms with Gasteiger partial charge < -0.3 is 20.1 Å². The molecule has 0 saturated heterocycles. The monoisotopic (exact) mass is 481 g/mol. The molecule has 1 aromatic heterocycles. The highest BCUT2D eigenvalue weighted by Crippen LogP contribution is 2.51. The number of aromatic nitrogens is 1. The number of hydrogen-bond donors (Lipinski definition) is 2. The van der Waals surface area contributed by atoms with Crippen molar-refractivity contribution in [1.29, 1.82) is 0 Å². The van der Waals surface area contributed by atoms with Gasteiger partial charge in [-0.3, -0.25) is 4.79 Å². The van der Waals surface area contributed by atoms with Gasteiger partial charge in [0.05, 0.1) is 11.5 Å². The largest absolute Gasteiger partial charge is 0.454 e. The Bertz CT molecular complexity index is 1210. The van der Waals surface area contributed by atoms with Crippen molar-refractivity contribution in [3.8, 4) is 11.5 Å². The summed E-state index contributed by atoms with van der Waals surface area (Å²) in [6.07, 6.45) is 7.05. The molecular formula is C25H24ClN3O3S. The van der Waals surface area contributed by atoms with E-state index in [1.807, 2.05) is 42.6 Å². The molecule has 2 heterocycles. The Labute approximate surface area is 201 Å². The average molecular weight is 482 g/mol. The lowest BCUT2D eigenvalue weighted by molar-refractivity contribution is -0.118. The zero-order chi connectivity index (χ0) is 22.4. The second kappa shape index (κ2) is 8.31. The van der Waals surface area contributed by atoms with Crippen LogP contribution in [0.25, 0.3) is 0 Å². The topological polar surface area (TPSA) is 72.5 Å². The lowest BCUT2D eigenvalue weighted by Crippen LogP contribution is -2.38. The van der Waals surface area contributed by atoms with E-state index < -0.39 is 5.41 Å². The van der Waals surface area contributed by atoms with Crippen LogP contribution >= 0.6 is 22.9 Å². The van der Waals surface area contributed by atoms with Gasteiger partial charge in [-0.05, 0) is 55.0 Å². The zero-order valence-electron chi connectivity index (χ0n) is 18.0. The van der Waals surface area contributed by atoms with Crippen LogP contribution in [-0.4, -0.2) is 23.7 Å². The SMILES string of the molecule is O=C(Nc1ncc(C(NC2CCC2)c2ccccc2Cl)s1)C1(c2ccc3c(c2)OCO3)CC1. The van der Waals surface area contributed by atoms with Crippen molar-refractivity contribution in [2.45, 2.75) is 49.6 Å². The molecule has 2 N–H and O–H groups in total. The second-order valence-electron chi connectivity index (χ2n) is 8.92. The summed E-state index contributed by atoms with van der Waals surface area (Å²) in [5.41, 5.74) is 1.47. The fourth-order valence-electron chi connectivity index (χ4n) is 4.51. The molecule has 3 aromatic rings. The molecule has 1 amide bonds. The first-order valence-corrected chi connectivity index (χ1v) is 12.5. The van der Waals surface area contributed by atoms with Crippen LogP contribution in [0.4, 0.5) is 5.13 Å². The molecule has 6 rings (SSSR count). The standard InChI is InChI=1S/C25H24ClN3O3S/c26-18-7-2-1-6-17(18)22(28-16-4-3-5-16)21-13-27-24(33-21)29-23(30)25(10-11-25)15-8-9-19-20(12-15)32-14-31-19/h1-2,6-9,12-13,16,22,28H,3-5,10-11,14H2,(H,27,29,30). The molecule has 2 aliphatic carbocycles. The highest BCUT2D eigenvalue weighted by atomic mass is 35.5. The van der Waals surface area contributed by atoms with E-state index in [9.17, 15) is 4.79 Å². The van der Waals surface area contributed by atoms with Gasteiger partial charge in [0.15, 0.2) is 16.6 Å². The molecular weight excluding hydrogens is 458 g/mol. The minimum absolute atomic E-state index is 0.0245. The molecule has 1 unspecified atom stereocenters. The number of carbonyl (C=O) groups is 1. The summed E-state index contributed by atoms with van der Waals surface area (Å²) in [7, 11) is 0. The zero-order valence-corrected chi connectivity index (χ0v) is 19.5. The van der Waals surface area contributed by atoms with E-state index in [1.165, 1.54) is 30.6 Å². The molecule has 0 radical (unpaired) electrons. The number of ether oxygens (including phenoxy) is 2. The van der Waals surface area contributed by atoms with E-state index in [1.54, 1.807) is 0 Å². The van der Waals surface area contributed by atoms with E-state index in [2.05, 4.69) is 21.7 Å². The minimum atomic E-state index is -0.529. The van der Waals surface area contributed by atoms with Crippen molar-refractivity contribution in [3.05, 3.63) is 69.7 Å². The number of rotatable bonds is 7. The van der Waals surface area contributed by atoms with Crippen LogP contribution in [-0.2, 0) is 10.2 Å². The van der Waals surface area contributed by atoms with Crippen LogP contribution in [0.1, 0.15) is 54.1 Å². The summed E-state index contributed by atoms with van der Waals surface area (Å²) < 4.78 is 10.9. The molecule has 170 valence electrons. The molecule has 8 heteroatoms. The van der Waals surface area contributed by atoms with Gasteiger partial charge in [0.1, 0.15) is 0 Å². The summed E-state index contributed by atoms with van der Waals surface area (Å²) in [6.45, 7) is 0.224. The summed E-state index contributed by atoms with van der Waals surface area (Å²) >= 11 is 8.04. The van der Waals surface area contributed by atoms with Gasteiger partial charge in [0.2, 0.25) is 12.7 Å². The van der Waals surface area contributed by atoms with Crippen molar-refractivity contribution in [2.24, 2.45) is 0 Å². The first-order chi connectivity index (χ1) is 16.1. The number of nitrogens with one attached hydrogen (secondary N) is 2. The van der Waals surface area contributed by atoms with Gasteiger partial charge in [-0.2, -0.15) is 0 Å². The predicted molar refractivity (Wildman–Crippen MR) is 128 cm³/mol. The number of halogens is 1. The summed E-state index contributed by atoms with van der Waals surface area (Å²) in [4.78, 5) is 18.9. The first-order valence-electron chi connectivity index (χ1n) is 11.3. The van der Waals surface area contributed by atoms with Crippen LogP contribution in [0.3, 0.4) is 0 Å². The molecule has 2 fully saturated rings. The van der Waals surface area contributed by atoms with Crippen molar-refractivity contribution >= 4 is 34.0 Å². The molecule has 1 aliphatic heterocycles. The van der Waals surface area contributed by atoms with E-state index >= 15 is 0 Å². The molecule has 2 saturated carbocycles. The van der Waals surface area contributed by atoms with Crippen molar-refractivity contribution in [3.63, 3.8) is 0 Å². The normalized spacial score (nSPS) is 19.1. The maximum Gasteiger partial charge on any atom is 0.236 e. The molecule has 6 nitrogen and oxygen atoms in total. The smallest absolute Gasteiger partial charge is 0.236 e. The molecule has 2 aromatic carbocycles. The van der Waals surface area contributed by atoms with Gasteiger partial charge in [0.25, 0.3) is 0 Å². The van der Waals surface area contributed by atoms with E-state index in [-0.39, 0.29) is 18.7 Å². The maximum absolute atomic E-state index is 13.3. The average Bonchev–Trinajstić information content (AvgIpc) is 3.25. The number of nitrogens with zero attached hydrogens (tertiary/aromatic N) is 1. The number of fused-ring (bicyclic) bond motifs is 1. The Morgan fingerprint density at radius 3 is 2.73 bits per heavy atom. The van der Waals surface area contributed by atoms with Gasteiger partial charge in [-0.25, -0.2) is 4.98 Å². The lowest BCUT2D eigenvalue weighted by Gasteiger charge is -2.31. The molecule has 0 bridgehead atoms. The van der Waals surface area contributed by atoms with Crippen molar-refractivity contribution in [2.75, 3.05) is 12.1 Å². The number of carbonyl (C=O) groups excluding carboxylic acids is 1. The van der Waals surface area contributed by atoms with Crippen molar-refractivity contribution in [1.82, 2.24) is 10.3 Å². The molecule has 1 atom stereocenters. The Morgan fingerprint density at radius 1 is 1.15 bits per heavy atom. The third-order valence-corrected chi connectivity index (χ3v) is 8.18. The van der Waals surface area contributed by atoms with Crippen LogP contribution in [0.15, 0.2) is 48.7 Å². The number of hydrogen-bond acceptors (Lipinski definition) is 6. The third-order valence-electron chi connectivity index (χ3n) is 6.86. The van der Waals surface area contributed by atoms with E-state index in [0.29, 0.717) is 16.9 Å². The van der Waals surface area contributed by atoms with Crippen molar-refractivity contribution < 1.29 is 14.3 Å². The Hall–Kier alpha value is -2.61. The first kappa shape index (κ1) is 21.0. The molecule has 33 heavy (non-hydrogen) atoms. The highest BCUT2D eigenvalue weighted by molar-refractivity contribution is 7.15.